The molecule has 0 saturated carbocycles. The number of rotatable bonds is 2. The van der Waals surface area contributed by atoms with E-state index in [1.54, 1.807) is 0 Å². The zero-order chi connectivity index (χ0) is 12.5. The first-order chi connectivity index (χ1) is 7.96. The Morgan fingerprint density at radius 2 is 1.82 bits per heavy atom. The average molecular weight is 325 g/mol. The molecule has 6 heteroatoms. The molecule has 0 radical (unpaired) electrons. The van der Waals surface area contributed by atoms with Crippen molar-refractivity contribution in [2.75, 3.05) is 0 Å². The van der Waals surface area contributed by atoms with Crippen LogP contribution in [0.1, 0.15) is 5.69 Å². The number of aryl methyl sites for hydroxylation is 1. The average Bonchev–Trinajstić information content (AvgIpc) is 2.58. The summed E-state index contributed by atoms with van der Waals surface area (Å²) in [7, 11) is 0. The van der Waals surface area contributed by atoms with Crippen LogP contribution in [0.2, 0.25) is 0 Å². The zero-order valence-electron chi connectivity index (χ0n) is 8.78. The molecule has 90 valence electrons. The van der Waals surface area contributed by atoms with Crippen LogP contribution in [0.4, 0.5) is 0 Å². The highest BCUT2D eigenvalue weighted by Gasteiger charge is 2.24. The molecule has 0 aliphatic carbocycles. The van der Waals surface area contributed by atoms with E-state index in [0.717, 1.165) is 32.2 Å². The molecule has 0 unspecified atom stereocenters. The summed E-state index contributed by atoms with van der Waals surface area (Å²) in [4.78, 5) is 5.51. The quantitative estimate of drug-likeness (QED) is 0.531. The van der Waals surface area contributed by atoms with Gasteiger partial charge in [0.1, 0.15) is 0 Å². The number of hydrogen-bond acceptors (Lipinski definition) is 3. The standard InChI is InChI=1S/C11H8Cl3NS2/c1-7-9(8-5-3-2-4-6-8)16-10(15-7)17-11(12,13)14/h2-6H,1H3. The zero-order valence-corrected chi connectivity index (χ0v) is 12.7. The first-order valence-electron chi connectivity index (χ1n) is 4.74. The minimum atomic E-state index is -1.36. The van der Waals surface area contributed by atoms with Gasteiger partial charge in [-0.15, -0.1) is 11.3 Å². The fourth-order valence-corrected chi connectivity index (χ4v) is 4.42. The molecule has 2 aromatic rings. The van der Waals surface area contributed by atoms with Crippen molar-refractivity contribution in [3.05, 3.63) is 36.0 Å². The molecule has 0 N–H and O–H groups in total. The van der Waals surface area contributed by atoms with Crippen LogP contribution in [-0.2, 0) is 0 Å². The highest BCUT2D eigenvalue weighted by Crippen LogP contribution is 2.46. The lowest BCUT2D eigenvalue weighted by molar-refractivity contribution is 1.16. The van der Waals surface area contributed by atoms with Crippen molar-refractivity contribution in [2.24, 2.45) is 0 Å². The lowest BCUT2D eigenvalue weighted by Gasteiger charge is -2.05. The SMILES string of the molecule is Cc1nc(SC(Cl)(Cl)Cl)sc1-c1ccccc1. The normalized spacial score (nSPS) is 11.8. The Bertz CT molecular complexity index is 505. The summed E-state index contributed by atoms with van der Waals surface area (Å²) in [5, 5.41) is 0. The molecular formula is C11H8Cl3NS2. The summed E-state index contributed by atoms with van der Waals surface area (Å²) >= 11 is 19.9. The predicted molar refractivity (Wildman–Crippen MR) is 78.4 cm³/mol. The number of nitrogens with zero attached hydrogens (tertiary/aromatic N) is 1. The van der Waals surface area contributed by atoms with Gasteiger partial charge in [-0.25, -0.2) is 4.98 Å². The third-order valence-electron chi connectivity index (χ3n) is 2.02. The minimum Gasteiger partial charge on any atom is -0.234 e. The summed E-state index contributed by atoms with van der Waals surface area (Å²) in [6.07, 6.45) is 0. The second-order valence-corrected chi connectivity index (χ2v) is 8.72. The number of aromatic nitrogens is 1. The van der Waals surface area contributed by atoms with E-state index in [-0.39, 0.29) is 0 Å². The second kappa shape index (κ2) is 5.37. The van der Waals surface area contributed by atoms with E-state index < -0.39 is 3.12 Å². The van der Waals surface area contributed by atoms with Gasteiger partial charge >= 0.3 is 0 Å². The Morgan fingerprint density at radius 3 is 2.41 bits per heavy atom. The Kier molecular flexibility index (Phi) is 4.26. The maximum absolute atomic E-state index is 5.74. The lowest BCUT2D eigenvalue weighted by atomic mass is 10.2. The third kappa shape index (κ3) is 3.76. The van der Waals surface area contributed by atoms with E-state index in [1.807, 2.05) is 37.3 Å². The molecule has 1 nitrogen and oxygen atoms in total. The molecule has 0 fully saturated rings. The maximum atomic E-state index is 5.74. The highest BCUT2D eigenvalue weighted by atomic mass is 35.6. The number of benzene rings is 1. The van der Waals surface area contributed by atoms with Gasteiger partial charge in [-0.1, -0.05) is 65.1 Å². The van der Waals surface area contributed by atoms with Crippen molar-refractivity contribution in [1.29, 1.82) is 0 Å². The van der Waals surface area contributed by atoms with Gasteiger partial charge < -0.3 is 0 Å². The lowest BCUT2D eigenvalue weighted by Crippen LogP contribution is -1.92. The first-order valence-corrected chi connectivity index (χ1v) is 7.51. The van der Waals surface area contributed by atoms with Crippen molar-refractivity contribution >= 4 is 57.9 Å². The fourth-order valence-electron chi connectivity index (χ4n) is 1.37. The summed E-state index contributed by atoms with van der Waals surface area (Å²) < 4.78 is -0.598. The monoisotopic (exact) mass is 323 g/mol. The Hall–Kier alpha value is 0.0700. The van der Waals surface area contributed by atoms with Crippen LogP contribution in [0.15, 0.2) is 34.7 Å². The van der Waals surface area contributed by atoms with Crippen molar-refractivity contribution in [2.45, 2.75) is 14.4 Å². The Balaban J connectivity index is 2.32. The smallest absolute Gasteiger partial charge is 0.234 e. The largest absolute Gasteiger partial charge is 0.244 e. The maximum Gasteiger partial charge on any atom is 0.244 e. The van der Waals surface area contributed by atoms with Crippen LogP contribution in [-0.4, -0.2) is 8.11 Å². The van der Waals surface area contributed by atoms with Crippen LogP contribution in [0.3, 0.4) is 0 Å². The van der Waals surface area contributed by atoms with E-state index in [0.29, 0.717) is 0 Å². The molecule has 0 aliphatic rings. The number of hydrogen-bond donors (Lipinski definition) is 0. The molecule has 0 bridgehead atoms. The van der Waals surface area contributed by atoms with Gasteiger partial charge in [-0.3, -0.25) is 0 Å². The molecular weight excluding hydrogens is 317 g/mol. The summed E-state index contributed by atoms with van der Waals surface area (Å²) in [5.41, 5.74) is 2.09. The van der Waals surface area contributed by atoms with Crippen molar-refractivity contribution in [3.8, 4) is 10.4 Å². The molecule has 1 aromatic heterocycles. The second-order valence-electron chi connectivity index (χ2n) is 3.31. The van der Waals surface area contributed by atoms with E-state index in [1.165, 1.54) is 11.3 Å². The van der Waals surface area contributed by atoms with Gasteiger partial charge in [0, 0.05) is 0 Å². The minimum absolute atomic E-state index is 0.765. The van der Waals surface area contributed by atoms with Crippen LogP contribution >= 0.6 is 57.9 Å². The topological polar surface area (TPSA) is 12.9 Å². The van der Waals surface area contributed by atoms with Crippen LogP contribution in [0.25, 0.3) is 10.4 Å². The number of alkyl halides is 3. The fraction of sp³-hybridized carbons (Fsp3) is 0.182. The summed E-state index contributed by atoms with van der Waals surface area (Å²) in [5.74, 6) is 0. The molecule has 0 amide bonds. The highest BCUT2D eigenvalue weighted by molar-refractivity contribution is 8.06. The Labute approximate surface area is 123 Å². The van der Waals surface area contributed by atoms with Gasteiger partial charge in [-0.05, 0) is 24.2 Å². The van der Waals surface area contributed by atoms with E-state index in [4.69, 9.17) is 34.8 Å². The molecule has 0 atom stereocenters. The molecule has 1 heterocycles. The van der Waals surface area contributed by atoms with E-state index in [2.05, 4.69) is 4.98 Å². The number of thiazole rings is 1. The van der Waals surface area contributed by atoms with Crippen molar-refractivity contribution < 1.29 is 0 Å². The van der Waals surface area contributed by atoms with Gasteiger partial charge in [0.05, 0.1) is 10.6 Å². The molecule has 1 aromatic carbocycles. The van der Waals surface area contributed by atoms with Gasteiger partial charge in [-0.2, -0.15) is 0 Å². The van der Waals surface area contributed by atoms with Gasteiger partial charge in [0.2, 0.25) is 3.12 Å². The summed E-state index contributed by atoms with van der Waals surface area (Å²) in [6, 6.07) is 10.1. The van der Waals surface area contributed by atoms with Gasteiger partial charge in [0.15, 0.2) is 4.34 Å². The third-order valence-corrected chi connectivity index (χ3v) is 4.71. The molecule has 0 saturated heterocycles. The van der Waals surface area contributed by atoms with Crippen LogP contribution in [0.5, 0.6) is 0 Å². The predicted octanol–water partition coefficient (Wildman–Crippen LogP) is 5.54. The van der Waals surface area contributed by atoms with Crippen molar-refractivity contribution in [3.63, 3.8) is 0 Å². The molecule has 0 spiro atoms. The van der Waals surface area contributed by atoms with Crippen LogP contribution < -0.4 is 0 Å². The molecule has 2 rings (SSSR count). The van der Waals surface area contributed by atoms with E-state index >= 15 is 0 Å². The number of thioether (sulfide) groups is 1. The first kappa shape index (κ1) is 13.5. The number of halogens is 3. The van der Waals surface area contributed by atoms with Crippen LogP contribution in [0, 0.1) is 6.92 Å². The molecule has 0 aliphatic heterocycles. The molecule has 17 heavy (non-hydrogen) atoms. The Morgan fingerprint density at radius 1 is 1.18 bits per heavy atom. The van der Waals surface area contributed by atoms with E-state index in [9.17, 15) is 0 Å². The van der Waals surface area contributed by atoms with Gasteiger partial charge in [0.25, 0.3) is 0 Å². The summed E-state index contributed by atoms with van der Waals surface area (Å²) in [6.45, 7) is 1.96. The van der Waals surface area contributed by atoms with Crippen molar-refractivity contribution in [1.82, 2.24) is 4.98 Å².